The van der Waals surface area contributed by atoms with Crippen LogP contribution in [0.2, 0.25) is 0 Å². The highest BCUT2D eigenvalue weighted by molar-refractivity contribution is 4.94. The van der Waals surface area contributed by atoms with E-state index in [-0.39, 0.29) is 0 Å². The average molecular weight is 168 g/mol. The molecule has 4 heteroatoms. The Morgan fingerprint density at radius 3 is 2.92 bits per heavy atom. The molecule has 0 aliphatic heterocycles. The fourth-order valence-electron chi connectivity index (χ4n) is 1.12. The first-order valence-electron chi connectivity index (χ1n) is 4.31. The number of aromatic nitrogens is 3. The minimum atomic E-state index is 0.600. The van der Waals surface area contributed by atoms with Gasteiger partial charge in [-0.25, -0.2) is 4.68 Å². The van der Waals surface area contributed by atoms with E-state index < -0.39 is 0 Å². The van der Waals surface area contributed by atoms with Crippen LogP contribution in [0.4, 0.5) is 0 Å². The Hall–Kier alpha value is -0.900. The molecule has 1 aromatic heterocycles. The van der Waals surface area contributed by atoms with Gasteiger partial charge in [-0.05, 0) is 12.5 Å². The van der Waals surface area contributed by atoms with Crippen LogP contribution in [0.3, 0.4) is 0 Å². The Morgan fingerprint density at radius 1 is 1.58 bits per heavy atom. The summed E-state index contributed by atoms with van der Waals surface area (Å²) in [4.78, 5) is 0. The van der Waals surface area contributed by atoms with Crippen LogP contribution in [0, 0.1) is 5.92 Å². The zero-order valence-electron chi connectivity index (χ0n) is 7.70. The van der Waals surface area contributed by atoms with Gasteiger partial charge >= 0.3 is 0 Å². The van der Waals surface area contributed by atoms with E-state index >= 15 is 0 Å². The molecule has 0 bridgehead atoms. The van der Waals surface area contributed by atoms with Gasteiger partial charge in [0.05, 0.1) is 11.9 Å². The predicted molar refractivity (Wildman–Crippen MR) is 47.6 cm³/mol. The monoisotopic (exact) mass is 168 g/mol. The van der Waals surface area contributed by atoms with Crippen LogP contribution >= 0.6 is 0 Å². The van der Waals surface area contributed by atoms with E-state index in [1.54, 1.807) is 6.20 Å². The van der Waals surface area contributed by atoms with Crippen molar-refractivity contribution in [2.75, 3.05) is 6.54 Å². The van der Waals surface area contributed by atoms with Gasteiger partial charge in [0.1, 0.15) is 0 Å². The lowest BCUT2D eigenvalue weighted by Gasteiger charge is -2.07. The van der Waals surface area contributed by atoms with Crippen molar-refractivity contribution in [3.05, 3.63) is 11.9 Å². The minimum absolute atomic E-state index is 0.600. The Morgan fingerprint density at radius 2 is 2.33 bits per heavy atom. The van der Waals surface area contributed by atoms with E-state index in [1.165, 1.54) is 0 Å². The van der Waals surface area contributed by atoms with Crippen molar-refractivity contribution in [1.29, 1.82) is 0 Å². The standard InChI is InChI=1S/C8H16N4/c1-7(2)6-12-8(3-4-9)5-10-11-12/h5,7H,3-4,6,9H2,1-2H3. The molecule has 0 atom stereocenters. The number of rotatable bonds is 4. The maximum Gasteiger partial charge on any atom is 0.0725 e. The van der Waals surface area contributed by atoms with Gasteiger partial charge in [-0.2, -0.15) is 0 Å². The molecule has 0 spiro atoms. The summed E-state index contributed by atoms with van der Waals surface area (Å²) in [6.07, 6.45) is 2.65. The summed E-state index contributed by atoms with van der Waals surface area (Å²) in [6.45, 7) is 5.91. The van der Waals surface area contributed by atoms with Crippen LogP contribution < -0.4 is 5.73 Å². The molecule has 0 radical (unpaired) electrons. The van der Waals surface area contributed by atoms with Gasteiger partial charge in [-0.1, -0.05) is 19.1 Å². The van der Waals surface area contributed by atoms with E-state index in [1.807, 2.05) is 4.68 Å². The number of hydrogen-bond donors (Lipinski definition) is 1. The third-order valence-corrected chi connectivity index (χ3v) is 1.64. The maximum atomic E-state index is 5.45. The van der Waals surface area contributed by atoms with Gasteiger partial charge in [0.2, 0.25) is 0 Å². The van der Waals surface area contributed by atoms with Gasteiger partial charge < -0.3 is 5.73 Å². The molecule has 2 N–H and O–H groups in total. The average Bonchev–Trinajstić information content (AvgIpc) is 2.37. The molecule has 0 fully saturated rings. The zero-order valence-corrected chi connectivity index (χ0v) is 7.70. The highest BCUT2D eigenvalue weighted by Gasteiger charge is 2.03. The highest BCUT2D eigenvalue weighted by Crippen LogP contribution is 2.01. The number of hydrogen-bond acceptors (Lipinski definition) is 3. The summed E-state index contributed by atoms with van der Waals surface area (Å²) in [5.74, 6) is 0.600. The first-order valence-corrected chi connectivity index (χ1v) is 4.31. The van der Waals surface area contributed by atoms with Crippen molar-refractivity contribution in [1.82, 2.24) is 15.0 Å². The molecule has 0 aliphatic rings. The van der Waals surface area contributed by atoms with Crippen molar-refractivity contribution in [2.45, 2.75) is 26.8 Å². The molecule has 1 heterocycles. The molecule has 0 aliphatic carbocycles. The lowest BCUT2D eigenvalue weighted by atomic mass is 10.2. The molecular weight excluding hydrogens is 152 g/mol. The molecule has 0 unspecified atom stereocenters. The molecule has 12 heavy (non-hydrogen) atoms. The quantitative estimate of drug-likeness (QED) is 0.709. The topological polar surface area (TPSA) is 56.7 Å². The summed E-state index contributed by atoms with van der Waals surface area (Å²) >= 11 is 0. The van der Waals surface area contributed by atoms with E-state index in [0.717, 1.165) is 18.7 Å². The molecule has 4 nitrogen and oxygen atoms in total. The van der Waals surface area contributed by atoms with Crippen LogP contribution in [0.1, 0.15) is 19.5 Å². The van der Waals surface area contributed by atoms with Crippen molar-refractivity contribution >= 4 is 0 Å². The second kappa shape index (κ2) is 4.21. The van der Waals surface area contributed by atoms with Crippen LogP contribution in [0.15, 0.2) is 6.20 Å². The highest BCUT2D eigenvalue weighted by atomic mass is 15.4. The van der Waals surface area contributed by atoms with Crippen LogP contribution in [0.5, 0.6) is 0 Å². The molecule has 0 saturated heterocycles. The fraction of sp³-hybridized carbons (Fsp3) is 0.750. The Bertz CT molecular complexity index is 229. The van der Waals surface area contributed by atoms with Crippen molar-refractivity contribution in [2.24, 2.45) is 11.7 Å². The maximum absolute atomic E-state index is 5.45. The summed E-state index contributed by atoms with van der Waals surface area (Å²) in [5.41, 5.74) is 6.58. The Kier molecular flexibility index (Phi) is 3.22. The summed E-state index contributed by atoms with van der Waals surface area (Å²) < 4.78 is 1.93. The van der Waals surface area contributed by atoms with Crippen LogP contribution in [0.25, 0.3) is 0 Å². The van der Waals surface area contributed by atoms with Crippen molar-refractivity contribution < 1.29 is 0 Å². The summed E-state index contributed by atoms with van der Waals surface area (Å²) in [7, 11) is 0. The Labute approximate surface area is 72.8 Å². The third kappa shape index (κ3) is 2.30. The smallest absolute Gasteiger partial charge is 0.0725 e. The normalized spacial score (nSPS) is 11.0. The number of nitrogens with two attached hydrogens (primary N) is 1. The van der Waals surface area contributed by atoms with E-state index in [2.05, 4.69) is 24.2 Å². The molecular formula is C8H16N4. The van der Waals surface area contributed by atoms with Crippen LogP contribution in [-0.2, 0) is 13.0 Å². The summed E-state index contributed by atoms with van der Waals surface area (Å²) in [5, 5.41) is 7.84. The molecule has 1 aromatic rings. The lowest BCUT2D eigenvalue weighted by molar-refractivity contribution is 0.458. The SMILES string of the molecule is CC(C)Cn1nncc1CCN. The van der Waals surface area contributed by atoms with Gasteiger partial charge in [0.25, 0.3) is 0 Å². The first-order chi connectivity index (χ1) is 5.74. The van der Waals surface area contributed by atoms with Gasteiger partial charge in [0.15, 0.2) is 0 Å². The molecule has 1 rings (SSSR count). The van der Waals surface area contributed by atoms with Crippen molar-refractivity contribution in [3.63, 3.8) is 0 Å². The second-order valence-electron chi connectivity index (χ2n) is 3.34. The molecule has 0 aromatic carbocycles. The second-order valence-corrected chi connectivity index (χ2v) is 3.34. The van der Waals surface area contributed by atoms with Crippen LogP contribution in [-0.4, -0.2) is 21.5 Å². The number of nitrogens with zero attached hydrogens (tertiary/aromatic N) is 3. The van der Waals surface area contributed by atoms with Gasteiger partial charge in [0, 0.05) is 13.0 Å². The predicted octanol–water partition coefficient (Wildman–Crippen LogP) is 0.435. The molecule has 0 saturated carbocycles. The first kappa shape index (κ1) is 9.19. The summed E-state index contributed by atoms with van der Waals surface area (Å²) in [6, 6.07) is 0. The zero-order chi connectivity index (χ0) is 8.97. The molecule has 68 valence electrons. The minimum Gasteiger partial charge on any atom is -0.330 e. The third-order valence-electron chi connectivity index (χ3n) is 1.64. The molecule has 0 amide bonds. The lowest BCUT2D eigenvalue weighted by Crippen LogP contribution is -2.13. The van der Waals surface area contributed by atoms with E-state index in [0.29, 0.717) is 12.5 Å². The van der Waals surface area contributed by atoms with Crippen molar-refractivity contribution in [3.8, 4) is 0 Å². The van der Waals surface area contributed by atoms with Gasteiger partial charge in [-0.15, -0.1) is 5.10 Å². The van der Waals surface area contributed by atoms with E-state index in [9.17, 15) is 0 Å². The fourth-order valence-corrected chi connectivity index (χ4v) is 1.12. The Balaban J connectivity index is 2.63. The van der Waals surface area contributed by atoms with Gasteiger partial charge in [-0.3, -0.25) is 0 Å². The van der Waals surface area contributed by atoms with E-state index in [4.69, 9.17) is 5.73 Å². The largest absolute Gasteiger partial charge is 0.330 e.